The maximum atomic E-state index is 13.2. The molecule has 0 amide bonds. The van der Waals surface area contributed by atoms with Gasteiger partial charge in [0.2, 0.25) is 0 Å². The fourth-order valence-electron chi connectivity index (χ4n) is 1.29. The van der Waals surface area contributed by atoms with Gasteiger partial charge in [-0.2, -0.15) is 0 Å². The minimum atomic E-state index is -0.502. The molecule has 4 N–H and O–H groups in total. The molecule has 0 bridgehead atoms. The first-order valence-electron chi connectivity index (χ1n) is 4.63. The van der Waals surface area contributed by atoms with Crippen molar-refractivity contribution in [3.8, 4) is 0 Å². The van der Waals surface area contributed by atoms with Crippen LogP contribution in [0.2, 0.25) is 5.02 Å². The SMILES string of the molecule is Nc1cc(Cl)c(F)cc1NCc1ncc[nH]1. The minimum Gasteiger partial charge on any atom is -0.397 e. The summed E-state index contributed by atoms with van der Waals surface area (Å²) in [6, 6.07) is 2.64. The molecule has 0 aliphatic rings. The van der Waals surface area contributed by atoms with Gasteiger partial charge in [-0.05, 0) is 6.07 Å². The molecule has 6 heteroatoms. The van der Waals surface area contributed by atoms with E-state index in [0.29, 0.717) is 17.9 Å². The van der Waals surface area contributed by atoms with E-state index in [1.54, 1.807) is 12.4 Å². The standard InChI is InChI=1S/C10H10ClFN4/c11-6-3-8(13)9(4-7(6)12)16-5-10-14-1-2-15-10/h1-4,16H,5,13H2,(H,14,15). The Morgan fingerprint density at radius 3 is 3.00 bits per heavy atom. The lowest BCUT2D eigenvalue weighted by atomic mass is 10.2. The zero-order chi connectivity index (χ0) is 11.5. The third kappa shape index (κ3) is 2.25. The number of imidazole rings is 1. The largest absolute Gasteiger partial charge is 0.397 e. The van der Waals surface area contributed by atoms with E-state index in [1.165, 1.54) is 12.1 Å². The summed E-state index contributed by atoms with van der Waals surface area (Å²) in [6.45, 7) is 0.443. The van der Waals surface area contributed by atoms with E-state index in [1.807, 2.05) is 0 Å². The number of nitrogens with zero attached hydrogens (tertiary/aromatic N) is 1. The number of anilines is 2. The Balaban J connectivity index is 2.12. The topological polar surface area (TPSA) is 66.7 Å². The molecule has 0 aliphatic heterocycles. The van der Waals surface area contributed by atoms with Gasteiger partial charge in [-0.15, -0.1) is 0 Å². The minimum absolute atomic E-state index is 0.0149. The number of halogens is 2. The zero-order valence-electron chi connectivity index (χ0n) is 8.30. The van der Waals surface area contributed by atoms with Crippen LogP contribution in [0, 0.1) is 5.82 Å². The van der Waals surface area contributed by atoms with Crippen LogP contribution >= 0.6 is 11.6 Å². The lowest BCUT2D eigenvalue weighted by molar-refractivity contribution is 0.629. The van der Waals surface area contributed by atoms with Gasteiger partial charge in [-0.25, -0.2) is 9.37 Å². The summed E-state index contributed by atoms with van der Waals surface area (Å²) in [5, 5.41) is 2.98. The second-order valence-corrected chi connectivity index (χ2v) is 3.65. The number of hydrogen-bond donors (Lipinski definition) is 3. The summed E-state index contributed by atoms with van der Waals surface area (Å²) in [7, 11) is 0. The molecule has 1 aromatic heterocycles. The van der Waals surface area contributed by atoms with Gasteiger partial charge in [0.05, 0.1) is 22.9 Å². The van der Waals surface area contributed by atoms with Gasteiger partial charge in [-0.3, -0.25) is 0 Å². The maximum absolute atomic E-state index is 13.2. The number of aromatic amines is 1. The molecule has 16 heavy (non-hydrogen) atoms. The Morgan fingerprint density at radius 2 is 2.31 bits per heavy atom. The highest BCUT2D eigenvalue weighted by Crippen LogP contribution is 2.26. The second kappa shape index (κ2) is 4.40. The number of nitrogens with two attached hydrogens (primary N) is 1. The third-order valence-electron chi connectivity index (χ3n) is 2.09. The van der Waals surface area contributed by atoms with Gasteiger partial charge < -0.3 is 16.0 Å². The molecule has 0 aliphatic carbocycles. The average Bonchev–Trinajstić information content (AvgIpc) is 2.74. The van der Waals surface area contributed by atoms with E-state index in [9.17, 15) is 4.39 Å². The molecule has 0 unspecified atom stereocenters. The molecule has 0 spiro atoms. The van der Waals surface area contributed by atoms with Gasteiger partial charge in [0, 0.05) is 18.5 Å². The van der Waals surface area contributed by atoms with Crippen molar-refractivity contribution in [1.82, 2.24) is 9.97 Å². The van der Waals surface area contributed by atoms with Crippen molar-refractivity contribution in [2.45, 2.75) is 6.54 Å². The molecule has 2 rings (SSSR count). The van der Waals surface area contributed by atoms with Crippen molar-refractivity contribution >= 4 is 23.0 Å². The monoisotopic (exact) mass is 240 g/mol. The quantitative estimate of drug-likeness (QED) is 0.722. The Bertz CT molecular complexity index is 484. The van der Waals surface area contributed by atoms with Crippen LogP contribution < -0.4 is 11.1 Å². The molecule has 1 heterocycles. The smallest absolute Gasteiger partial charge is 0.143 e. The summed E-state index contributed by atoms with van der Waals surface area (Å²) >= 11 is 5.58. The molecule has 2 aromatic rings. The second-order valence-electron chi connectivity index (χ2n) is 3.24. The van der Waals surface area contributed by atoms with Gasteiger partial charge >= 0.3 is 0 Å². The predicted octanol–water partition coefficient (Wildman–Crippen LogP) is 2.40. The summed E-state index contributed by atoms with van der Waals surface area (Å²) < 4.78 is 13.2. The van der Waals surface area contributed by atoms with Crippen molar-refractivity contribution in [3.63, 3.8) is 0 Å². The molecule has 84 valence electrons. The number of nitrogens with one attached hydrogen (secondary N) is 2. The van der Waals surface area contributed by atoms with Crippen molar-refractivity contribution < 1.29 is 4.39 Å². The van der Waals surface area contributed by atoms with Crippen molar-refractivity contribution in [3.05, 3.63) is 41.2 Å². The molecule has 0 saturated heterocycles. The first-order chi connectivity index (χ1) is 7.66. The van der Waals surface area contributed by atoms with E-state index in [2.05, 4.69) is 15.3 Å². The molecule has 0 fully saturated rings. The molecule has 0 atom stereocenters. The molecular weight excluding hydrogens is 231 g/mol. The van der Waals surface area contributed by atoms with E-state index in [-0.39, 0.29) is 5.02 Å². The van der Waals surface area contributed by atoms with E-state index in [0.717, 1.165) is 5.82 Å². The average molecular weight is 241 g/mol. The molecule has 1 aromatic carbocycles. The number of H-pyrrole nitrogens is 1. The Labute approximate surface area is 96.6 Å². The first kappa shape index (κ1) is 10.8. The number of benzene rings is 1. The summed E-state index contributed by atoms with van der Waals surface area (Å²) in [5.74, 6) is 0.243. The number of rotatable bonds is 3. The summed E-state index contributed by atoms with van der Waals surface area (Å²) in [5.41, 5.74) is 6.58. The van der Waals surface area contributed by atoms with Gasteiger partial charge in [0.25, 0.3) is 0 Å². The van der Waals surface area contributed by atoms with Crippen LogP contribution in [0.5, 0.6) is 0 Å². The molecular formula is C10H10ClFN4. The van der Waals surface area contributed by atoms with Crippen LogP contribution in [0.1, 0.15) is 5.82 Å². The van der Waals surface area contributed by atoms with Crippen LogP contribution in [-0.4, -0.2) is 9.97 Å². The van der Waals surface area contributed by atoms with Gasteiger partial charge in [0.15, 0.2) is 0 Å². The van der Waals surface area contributed by atoms with Crippen molar-refractivity contribution in [2.75, 3.05) is 11.1 Å². The third-order valence-corrected chi connectivity index (χ3v) is 2.38. The first-order valence-corrected chi connectivity index (χ1v) is 5.01. The van der Waals surface area contributed by atoms with Crippen LogP contribution in [0.3, 0.4) is 0 Å². The van der Waals surface area contributed by atoms with Crippen LogP contribution in [-0.2, 0) is 6.54 Å². The van der Waals surface area contributed by atoms with Gasteiger partial charge in [-0.1, -0.05) is 11.6 Å². The zero-order valence-corrected chi connectivity index (χ0v) is 9.05. The van der Waals surface area contributed by atoms with E-state index < -0.39 is 5.82 Å². The summed E-state index contributed by atoms with van der Waals surface area (Å²) in [6.07, 6.45) is 3.35. The summed E-state index contributed by atoms with van der Waals surface area (Å²) in [4.78, 5) is 6.94. The fourth-order valence-corrected chi connectivity index (χ4v) is 1.46. The number of aromatic nitrogens is 2. The lowest BCUT2D eigenvalue weighted by Crippen LogP contribution is -2.04. The normalized spacial score (nSPS) is 10.4. The van der Waals surface area contributed by atoms with Crippen LogP contribution in [0.25, 0.3) is 0 Å². The lowest BCUT2D eigenvalue weighted by Gasteiger charge is -2.08. The fraction of sp³-hybridized carbons (Fsp3) is 0.100. The Kier molecular flexibility index (Phi) is 2.96. The Hall–Kier alpha value is -1.75. The van der Waals surface area contributed by atoms with Crippen molar-refractivity contribution in [2.24, 2.45) is 0 Å². The molecule has 4 nitrogen and oxygen atoms in total. The Morgan fingerprint density at radius 1 is 1.50 bits per heavy atom. The van der Waals surface area contributed by atoms with E-state index in [4.69, 9.17) is 17.3 Å². The van der Waals surface area contributed by atoms with Crippen molar-refractivity contribution in [1.29, 1.82) is 0 Å². The maximum Gasteiger partial charge on any atom is 0.143 e. The highest BCUT2D eigenvalue weighted by Gasteiger charge is 2.06. The highest BCUT2D eigenvalue weighted by atomic mass is 35.5. The predicted molar refractivity (Wildman–Crippen MR) is 61.7 cm³/mol. The number of nitrogen functional groups attached to an aromatic ring is 1. The molecule has 0 saturated carbocycles. The van der Waals surface area contributed by atoms with E-state index >= 15 is 0 Å². The van der Waals surface area contributed by atoms with Gasteiger partial charge in [0.1, 0.15) is 11.6 Å². The number of hydrogen-bond acceptors (Lipinski definition) is 3. The van der Waals surface area contributed by atoms with Crippen LogP contribution in [0.4, 0.5) is 15.8 Å². The van der Waals surface area contributed by atoms with Crippen LogP contribution in [0.15, 0.2) is 24.5 Å². The molecule has 0 radical (unpaired) electrons. The highest BCUT2D eigenvalue weighted by molar-refractivity contribution is 6.31.